The van der Waals surface area contributed by atoms with E-state index in [1.807, 2.05) is 23.1 Å². The van der Waals surface area contributed by atoms with E-state index in [2.05, 4.69) is 15.9 Å². The van der Waals surface area contributed by atoms with Crippen LogP contribution >= 0.6 is 27.7 Å². The van der Waals surface area contributed by atoms with Crippen molar-refractivity contribution in [2.75, 3.05) is 32.6 Å². The number of thioether (sulfide) groups is 1. The first-order valence-electron chi connectivity index (χ1n) is 7.04. The summed E-state index contributed by atoms with van der Waals surface area (Å²) in [5.74, 6) is 2.02. The molecule has 114 valence electrons. The van der Waals surface area contributed by atoms with Crippen LogP contribution in [0.15, 0.2) is 22.7 Å². The molecule has 0 aliphatic carbocycles. The number of benzene rings is 1. The first-order valence-corrected chi connectivity index (χ1v) is 8.88. The summed E-state index contributed by atoms with van der Waals surface area (Å²) in [5.41, 5.74) is 1.06. The maximum atomic E-state index is 12.7. The zero-order valence-corrected chi connectivity index (χ0v) is 14.3. The lowest BCUT2D eigenvalue weighted by Gasteiger charge is -2.27. The average Bonchev–Trinajstić information content (AvgIpc) is 3.18. The maximum absolute atomic E-state index is 12.7. The molecule has 2 atom stereocenters. The van der Waals surface area contributed by atoms with Gasteiger partial charge in [0.25, 0.3) is 0 Å². The van der Waals surface area contributed by atoms with Crippen LogP contribution in [0.2, 0.25) is 0 Å². The molecule has 2 heterocycles. The fraction of sp³-hybridized carbons (Fsp3) is 0.533. The first kappa shape index (κ1) is 15.2. The van der Waals surface area contributed by atoms with E-state index in [0.717, 1.165) is 34.5 Å². The Morgan fingerprint density at radius 2 is 2.38 bits per heavy atom. The number of halogens is 1. The molecule has 2 fully saturated rings. The molecule has 0 aromatic heterocycles. The SMILES string of the molecule is COc1ccc(Br)cc1C1SCCN1C(=O)C1CCOC1. The molecule has 0 spiro atoms. The van der Waals surface area contributed by atoms with Crippen LogP contribution in [0.5, 0.6) is 5.75 Å². The molecule has 6 heteroatoms. The average molecular weight is 372 g/mol. The van der Waals surface area contributed by atoms with Crippen molar-refractivity contribution < 1.29 is 14.3 Å². The second kappa shape index (κ2) is 6.58. The standard InChI is InChI=1S/C15H18BrNO3S/c1-19-13-3-2-11(16)8-12(13)15-17(5-7-21-15)14(18)10-4-6-20-9-10/h2-3,8,10,15H,4-7,9H2,1H3. The molecule has 3 rings (SSSR count). The van der Waals surface area contributed by atoms with Crippen LogP contribution in [0.4, 0.5) is 0 Å². The van der Waals surface area contributed by atoms with Gasteiger partial charge in [-0.2, -0.15) is 0 Å². The Morgan fingerprint density at radius 1 is 1.52 bits per heavy atom. The largest absolute Gasteiger partial charge is 0.496 e. The van der Waals surface area contributed by atoms with Gasteiger partial charge in [-0.3, -0.25) is 4.79 Å². The quantitative estimate of drug-likeness (QED) is 0.818. The van der Waals surface area contributed by atoms with Crippen LogP contribution in [0.25, 0.3) is 0 Å². The smallest absolute Gasteiger partial charge is 0.229 e. The van der Waals surface area contributed by atoms with Crippen molar-refractivity contribution in [1.82, 2.24) is 4.90 Å². The Labute approximate surface area is 137 Å². The van der Waals surface area contributed by atoms with Crippen molar-refractivity contribution in [3.05, 3.63) is 28.2 Å². The normalized spacial score (nSPS) is 25.3. The molecule has 0 N–H and O–H groups in total. The summed E-state index contributed by atoms with van der Waals surface area (Å²) in [5, 5.41) is 0.0329. The number of amides is 1. The van der Waals surface area contributed by atoms with Crippen LogP contribution in [0, 0.1) is 5.92 Å². The van der Waals surface area contributed by atoms with Crippen molar-refractivity contribution in [2.45, 2.75) is 11.8 Å². The highest BCUT2D eigenvalue weighted by Gasteiger charge is 2.37. The third kappa shape index (κ3) is 3.07. The molecule has 0 bridgehead atoms. The number of methoxy groups -OCH3 is 1. The molecule has 1 aromatic rings. The maximum Gasteiger partial charge on any atom is 0.229 e. The number of nitrogens with zero attached hydrogens (tertiary/aromatic N) is 1. The van der Waals surface area contributed by atoms with Gasteiger partial charge in [0.05, 0.1) is 19.6 Å². The summed E-state index contributed by atoms with van der Waals surface area (Å²) in [6.07, 6.45) is 0.836. The zero-order chi connectivity index (χ0) is 14.8. The van der Waals surface area contributed by atoms with Crippen molar-refractivity contribution in [3.8, 4) is 5.75 Å². The van der Waals surface area contributed by atoms with E-state index >= 15 is 0 Å². The van der Waals surface area contributed by atoms with Gasteiger partial charge in [0.1, 0.15) is 11.1 Å². The summed E-state index contributed by atoms with van der Waals surface area (Å²) >= 11 is 5.30. The Kier molecular flexibility index (Phi) is 4.76. The van der Waals surface area contributed by atoms with E-state index < -0.39 is 0 Å². The highest BCUT2D eigenvalue weighted by molar-refractivity contribution is 9.10. The molecule has 21 heavy (non-hydrogen) atoms. The monoisotopic (exact) mass is 371 g/mol. The lowest BCUT2D eigenvalue weighted by molar-refractivity contribution is -0.135. The van der Waals surface area contributed by atoms with E-state index in [-0.39, 0.29) is 17.2 Å². The predicted molar refractivity (Wildman–Crippen MR) is 86.5 cm³/mol. The van der Waals surface area contributed by atoms with E-state index in [1.165, 1.54) is 0 Å². The minimum atomic E-state index is 0.0179. The van der Waals surface area contributed by atoms with Gasteiger partial charge in [0.2, 0.25) is 5.91 Å². The number of carbonyl (C=O) groups is 1. The van der Waals surface area contributed by atoms with Crippen LogP contribution < -0.4 is 4.74 Å². The van der Waals surface area contributed by atoms with Crippen molar-refractivity contribution >= 4 is 33.6 Å². The number of carbonyl (C=O) groups excluding carboxylic acids is 1. The molecule has 4 nitrogen and oxygen atoms in total. The fourth-order valence-corrected chi connectivity index (χ4v) is 4.47. The van der Waals surface area contributed by atoms with Crippen molar-refractivity contribution in [3.63, 3.8) is 0 Å². The van der Waals surface area contributed by atoms with E-state index in [4.69, 9.17) is 9.47 Å². The highest BCUT2D eigenvalue weighted by atomic mass is 79.9. The van der Waals surface area contributed by atoms with Gasteiger partial charge in [-0.05, 0) is 24.6 Å². The topological polar surface area (TPSA) is 38.8 Å². The third-order valence-corrected chi connectivity index (χ3v) is 5.65. The lowest BCUT2D eigenvalue weighted by atomic mass is 10.1. The predicted octanol–water partition coefficient (Wildman–Crippen LogP) is 3.07. The Bertz CT molecular complexity index is 534. The molecule has 1 aromatic carbocycles. The lowest BCUT2D eigenvalue weighted by Crippen LogP contribution is -2.36. The number of ether oxygens (including phenoxy) is 2. The van der Waals surface area contributed by atoms with Crippen LogP contribution in [0.1, 0.15) is 17.4 Å². The molecule has 2 aliphatic heterocycles. The Morgan fingerprint density at radius 3 is 3.10 bits per heavy atom. The van der Waals surface area contributed by atoms with Crippen LogP contribution in [-0.4, -0.2) is 43.4 Å². The van der Waals surface area contributed by atoms with Gasteiger partial charge >= 0.3 is 0 Å². The molecule has 2 saturated heterocycles. The second-order valence-corrected chi connectivity index (χ2v) is 7.31. The van der Waals surface area contributed by atoms with Crippen LogP contribution in [-0.2, 0) is 9.53 Å². The summed E-state index contributed by atoms with van der Waals surface area (Å²) in [4.78, 5) is 14.7. The summed E-state index contributed by atoms with van der Waals surface area (Å²) in [7, 11) is 1.67. The van der Waals surface area contributed by atoms with Gasteiger partial charge in [0, 0.05) is 28.9 Å². The van der Waals surface area contributed by atoms with E-state index in [1.54, 1.807) is 18.9 Å². The first-order chi connectivity index (χ1) is 10.2. The Balaban J connectivity index is 1.86. The molecule has 1 amide bonds. The zero-order valence-electron chi connectivity index (χ0n) is 11.9. The van der Waals surface area contributed by atoms with Gasteiger partial charge in [0.15, 0.2) is 0 Å². The van der Waals surface area contributed by atoms with Crippen LogP contribution in [0.3, 0.4) is 0 Å². The van der Waals surface area contributed by atoms with Gasteiger partial charge < -0.3 is 14.4 Å². The minimum Gasteiger partial charge on any atom is -0.496 e. The van der Waals surface area contributed by atoms with Crippen molar-refractivity contribution in [2.24, 2.45) is 5.92 Å². The van der Waals surface area contributed by atoms with E-state index in [9.17, 15) is 4.79 Å². The molecule has 2 aliphatic rings. The molecule has 0 radical (unpaired) electrons. The fourth-order valence-electron chi connectivity index (χ4n) is 2.82. The molecular weight excluding hydrogens is 354 g/mol. The molecule has 2 unspecified atom stereocenters. The third-order valence-electron chi connectivity index (χ3n) is 3.91. The number of rotatable bonds is 3. The summed E-state index contributed by atoms with van der Waals surface area (Å²) in [6, 6.07) is 5.95. The second-order valence-electron chi connectivity index (χ2n) is 5.20. The van der Waals surface area contributed by atoms with Crippen molar-refractivity contribution in [1.29, 1.82) is 0 Å². The summed E-state index contributed by atoms with van der Waals surface area (Å²) < 4.78 is 11.8. The summed E-state index contributed by atoms with van der Waals surface area (Å²) in [6.45, 7) is 2.05. The number of hydrogen-bond donors (Lipinski definition) is 0. The highest BCUT2D eigenvalue weighted by Crippen LogP contribution is 2.43. The van der Waals surface area contributed by atoms with E-state index in [0.29, 0.717) is 13.2 Å². The molecular formula is C15H18BrNO3S. The Hall–Kier alpha value is -0.720. The van der Waals surface area contributed by atoms with Gasteiger partial charge in [-0.15, -0.1) is 11.8 Å². The van der Waals surface area contributed by atoms with Gasteiger partial charge in [-0.25, -0.2) is 0 Å². The number of hydrogen-bond acceptors (Lipinski definition) is 4. The van der Waals surface area contributed by atoms with Gasteiger partial charge in [-0.1, -0.05) is 15.9 Å². The minimum absolute atomic E-state index is 0.0179. The molecule has 0 saturated carbocycles.